The lowest BCUT2D eigenvalue weighted by Crippen LogP contribution is -2.36. The number of rotatable bonds is 1. The van der Waals surface area contributed by atoms with Crippen molar-refractivity contribution in [2.45, 2.75) is 51.7 Å². The highest BCUT2D eigenvalue weighted by atomic mass is 16.6. The van der Waals surface area contributed by atoms with Crippen molar-refractivity contribution in [3.8, 4) is 0 Å². The summed E-state index contributed by atoms with van der Waals surface area (Å²) in [5, 5.41) is 0. The summed E-state index contributed by atoms with van der Waals surface area (Å²) >= 11 is 0. The molecule has 88 valence electrons. The van der Waals surface area contributed by atoms with E-state index in [0.29, 0.717) is 29.5 Å². The maximum Gasteiger partial charge on any atom is 0.0876 e. The Morgan fingerprint density at radius 1 is 1.44 bits per heavy atom. The molecule has 0 aromatic heterocycles. The van der Waals surface area contributed by atoms with E-state index in [2.05, 4.69) is 27.0 Å². The molecule has 2 aliphatic carbocycles. The van der Waals surface area contributed by atoms with E-state index in [9.17, 15) is 0 Å². The molecule has 0 bridgehead atoms. The van der Waals surface area contributed by atoms with Crippen molar-refractivity contribution < 1.29 is 4.74 Å². The van der Waals surface area contributed by atoms with Crippen LogP contribution in [0.2, 0.25) is 0 Å². The highest BCUT2D eigenvalue weighted by molar-refractivity contribution is 5.26. The lowest BCUT2D eigenvalue weighted by Gasteiger charge is -2.44. The van der Waals surface area contributed by atoms with Crippen LogP contribution < -0.4 is 0 Å². The highest BCUT2D eigenvalue weighted by Gasteiger charge is 2.62. The summed E-state index contributed by atoms with van der Waals surface area (Å²) in [7, 11) is 0. The first kappa shape index (κ1) is 10.6. The van der Waals surface area contributed by atoms with Gasteiger partial charge < -0.3 is 4.74 Å². The average Bonchev–Trinajstić information content (AvgIpc) is 2.93. The van der Waals surface area contributed by atoms with E-state index in [1.807, 2.05) is 0 Å². The van der Waals surface area contributed by atoms with Crippen molar-refractivity contribution in [1.82, 2.24) is 0 Å². The van der Waals surface area contributed by atoms with Crippen molar-refractivity contribution in [1.29, 1.82) is 0 Å². The molecule has 3 rings (SSSR count). The van der Waals surface area contributed by atoms with Crippen LogP contribution in [0, 0.1) is 17.3 Å². The van der Waals surface area contributed by atoms with Crippen molar-refractivity contribution in [3.63, 3.8) is 0 Å². The van der Waals surface area contributed by atoms with Gasteiger partial charge in [0.15, 0.2) is 0 Å². The van der Waals surface area contributed by atoms with E-state index >= 15 is 0 Å². The summed E-state index contributed by atoms with van der Waals surface area (Å²) < 4.78 is 5.67. The summed E-state index contributed by atoms with van der Waals surface area (Å²) in [4.78, 5) is 0. The zero-order chi connectivity index (χ0) is 11.5. The zero-order valence-corrected chi connectivity index (χ0v) is 10.5. The van der Waals surface area contributed by atoms with Crippen LogP contribution in [-0.4, -0.2) is 12.2 Å². The molecule has 0 radical (unpaired) electrons. The molecular weight excluding hydrogens is 196 g/mol. The minimum Gasteiger partial charge on any atom is -0.369 e. The van der Waals surface area contributed by atoms with Gasteiger partial charge in [-0.1, -0.05) is 31.2 Å². The second-order valence-electron chi connectivity index (χ2n) is 6.18. The number of hydrogen-bond donors (Lipinski definition) is 0. The molecule has 2 saturated carbocycles. The van der Waals surface area contributed by atoms with Crippen molar-refractivity contribution in [2.24, 2.45) is 17.3 Å². The Labute approximate surface area is 98.6 Å². The molecule has 0 aromatic carbocycles. The largest absolute Gasteiger partial charge is 0.369 e. The lowest BCUT2D eigenvalue weighted by molar-refractivity contribution is 0.0982. The van der Waals surface area contributed by atoms with Gasteiger partial charge in [-0.3, -0.25) is 0 Å². The van der Waals surface area contributed by atoms with Crippen LogP contribution in [0.15, 0.2) is 24.3 Å². The Hall–Kier alpha value is -0.560. The van der Waals surface area contributed by atoms with Crippen LogP contribution >= 0.6 is 0 Å². The van der Waals surface area contributed by atoms with E-state index in [0.717, 1.165) is 0 Å². The minimum atomic E-state index is 0.384. The first-order chi connectivity index (χ1) is 7.54. The zero-order valence-electron chi connectivity index (χ0n) is 10.5. The molecule has 0 N–H and O–H groups in total. The lowest BCUT2D eigenvalue weighted by atomic mass is 9.61. The second-order valence-corrected chi connectivity index (χ2v) is 6.18. The molecule has 1 aliphatic heterocycles. The van der Waals surface area contributed by atoms with Crippen molar-refractivity contribution in [2.75, 3.05) is 0 Å². The molecule has 5 atom stereocenters. The molecule has 1 saturated heterocycles. The van der Waals surface area contributed by atoms with Gasteiger partial charge in [-0.15, -0.1) is 0 Å². The third kappa shape index (κ3) is 1.27. The summed E-state index contributed by atoms with van der Waals surface area (Å²) in [5.41, 5.74) is 3.24. The van der Waals surface area contributed by atoms with E-state index in [-0.39, 0.29) is 0 Å². The molecule has 0 unspecified atom stereocenters. The topological polar surface area (TPSA) is 12.5 Å². The van der Waals surface area contributed by atoms with Gasteiger partial charge >= 0.3 is 0 Å². The average molecular weight is 218 g/mol. The SMILES string of the molecule is C=C(C)[C@H]1CCC(=C)[C@@]2(C1)C[C@@H]1O[C@@H]1[C@H]2C. The molecule has 3 aliphatic rings. The van der Waals surface area contributed by atoms with Crippen LogP contribution in [0.5, 0.6) is 0 Å². The third-order valence-electron chi connectivity index (χ3n) is 5.36. The van der Waals surface area contributed by atoms with Gasteiger partial charge in [-0.25, -0.2) is 0 Å². The second kappa shape index (κ2) is 3.22. The van der Waals surface area contributed by atoms with Gasteiger partial charge in [-0.05, 0) is 49.9 Å². The maximum absolute atomic E-state index is 5.67. The van der Waals surface area contributed by atoms with Gasteiger partial charge in [0.25, 0.3) is 0 Å². The smallest absolute Gasteiger partial charge is 0.0876 e. The van der Waals surface area contributed by atoms with Crippen LogP contribution in [0.4, 0.5) is 0 Å². The Bertz CT molecular complexity index is 356. The monoisotopic (exact) mass is 218 g/mol. The molecule has 0 aromatic rings. The van der Waals surface area contributed by atoms with Gasteiger partial charge in [0.1, 0.15) is 0 Å². The Morgan fingerprint density at radius 3 is 2.75 bits per heavy atom. The number of allylic oxidation sites excluding steroid dienone is 2. The third-order valence-corrected chi connectivity index (χ3v) is 5.36. The van der Waals surface area contributed by atoms with Crippen LogP contribution in [0.1, 0.15) is 39.5 Å². The van der Waals surface area contributed by atoms with Crippen molar-refractivity contribution >= 4 is 0 Å². The van der Waals surface area contributed by atoms with E-state index in [1.165, 1.54) is 36.8 Å². The summed E-state index contributed by atoms with van der Waals surface area (Å²) in [6, 6.07) is 0. The van der Waals surface area contributed by atoms with E-state index < -0.39 is 0 Å². The number of hydrogen-bond acceptors (Lipinski definition) is 1. The molecule has 1 spiro atoms. The standard InChI is InChI=1S/C15H22O/c1-9(2)12-6-5-10(3)15(7-12)8-13-14(16-13)11(15)4/h11-14H,1,3,5-8H2,2,4H3/t11-,12+,13+,14-,15-/m1/s1. The summed E-state index contributed by atoms with van der Waals surface area (Å²) in [6.45, 7) is 13.1. The molecule has 1 heterocycles. The Kier molecular flexibility index (Phi) is 2.13. The molecule has 3 fully saturated rings. The molecule has 0 amide bonds. The predicted molar refractivity (Wildman–Crippen MR) is 66.2 cm³/mol. The van der Waals surface area contributed by atoms with E-state index in [1.54, 1.807) is 0 Å². The minimum absolute atomic E-state index is 0.384. The Balaban J connectivity index is 1.87. The fourth-order valence-corrected chi connectivity index (χ4v) is 4.06. The first-order valence-electron chi connectivity index (χ1n) is 6.54. The van der Waals surface area contributed by atoms with E-state index in [4.69, 9.17) is 4.74 Å². The van der Waals surface area contributed by atoms with Gasteiger partial charge in [0.2, 0.25) is 0 Å². The summed E-state index contributed by atoms with van der Waals surface area (Å²) in [6.07, 6.45) is 6.05. The van der Waals surface area contributed by atoms with Crippen molar-refractivity contribution in [3.05, 3.63) is 24.3 Å². The van der Waals surface area contributed by atoms with Crippen LogP contribution in [0.3, 0.4) is 0 Å². The normalized spacial score (nSPS) is 50.5. The maximum atomic E-state index is 5.67. The van der Waals surface area contributed by atoms with Gasteiger partial charge in [0, 0.05) is 0 Å². The van der Waals surface area contributed by atoms with Crippen LogP contribution in [-0.2, 0) is 4.74 Å². The van der Waals surface area contributed by atoms with Gasteiger partial charge in [0.05, 0.1) is 12.2 Å². The quantitative estimate of drug-likeness (QED) is 0.483. The highest BCUT2D eigenvalue weighted by Crippen LogP contribution is 2.63. The molecule has 1 heteroatoms. The fraction of sp³-hybridized carbons (Fsp3) is 0.733. The number of fused-ring (bicyclic) bond motifs is 1. The molecule has 16 heavy (non-hydrogen) atoms. The van der Waals surface area contributed by atoms with Crippen LogP contribution in [0.25, 0.3) is 0 Å². The predicted octanol–water partition coefficient (Wildman–Crippen LogP) is 3.71. The van der Waals surface area contributed by atoms with Gasteiger partial charge in [-0.2, -0.15) is 0 Å². The summed E-state index contributed by atoms with van der Waals surface area (Å²) in [5.74, 6) is 1.39. The molecular formula is C15H22O. The number of ether oxygens (including phenoxy) is 1. The Morgan fingerprint density at radius 2 is 2.19 bits per heavy atom. The number of epoxide rings is 1. The fourth-order valence-electron chi connectivity index (χ4n) is 4.06. The first-order valence-corrected chi connectivity index (χ1v) is 6.54. The molecule has 1 nitrogen and oxygen atoms in total.